The highest BCUT2D eigenvalue weighted by atomic mass is 16.5. The van der Waals surface area contributed by atoms with E-state index in [1.54, 1.807) is 19.1 Å². The van der Waals surface area contributed by atoms with E-state index >= 15 is 0 Å². The summed E-state index contributed by atoms with van der Waals surface area (Å²) < 4.78 is 4.80. The molecule has 0 saturated carbocycles. The number of esters is 1. The summed E-state index contributed by atoms with van der Waals surface area (Å²) in [6.45, 7) is 8.30. The minimum absolute atomic E-state index is 0.0484. The van der Waals surface area contributed by atoms with E-state index in [9.17, 15) is 9.90 Å². The van der Waals surface area contributed by atoms with Crippen molar-refractivity contribution < 1.29 is 14.6 Å². The van der Waals surface area contributed by atoms with Crippen LogP contribution in [-0.2, 0) is 14.9 Å². The van der Waals surface area contributed by atoms with Gasteiger partial charge < -0.3 is 15.6 Å². The summed E-state index contributed by atoms with van der Waals surface area (Å²) >= 11 is 0. The molecule has 0 aliphatic rings. The Morgan fingerprint density at radius 3 is 2.26 bits per heavy atom. The molecule has 0 bridgehead atoms. The summed E-state index contributed by atoms with van der Waals surface area (Å²) in [6, 6.07) is 6.42. The lowest BCUT2D eigenvalue weighted by Gasteiger charge is -2.21. The highest BCUT2D eigenvalue weighted by Crippen LogP contribution is 2.24. The van der Waals surface area contributed by atoms with Gasteiger partial charge in [-0.05, 0) is 23.5 Å². The first-order chi connectivity index (χ1) is 8.77. The Labute approximate surface area is 114 Å². The minimum atomic E-state index is -1.06. The molecule has 1 aromatic carbocycles. The average molecular weight is 265 g/mol. The van der Waals surface area contributed by atoms with Gasteiger partial charge in [-0.1, -0.05) is 45.0 Å². The van der Waals surface area contributed by atoms with E-state index in [0.29, 0.717) is 5.56 Å². The van der Waals surface area contributed by atoms with Gasteiger partial charge in [0.1, 0.15) is 12.1 Å². The molecule has 0 saturated heterocycles. The number of benzene rings is 1. The van der Waals surface area contributed by atoms with E-state index in [4.69, 9.17) is 10.5 Å². The Morgan fingerprint density at radius 2 is 1.84 bits per heavy atom. The Morgan fingerprint density at radius 1 is 1.32 bits per heavy atom. The largest absolute Gasteiger partial charge is 0.465 e. The second-order valence-corrected chi connectivity index (χ2v) is 5.59. The predicted octanol–water partition coefficient (Wildman–Crippen LogP) is 1.91. The summed E-state index contributed by atoms with van der Waals surface area (Å²) in [5, 5.41) is 10.1. The fraction of sp³-hybridized carbons (Fsp3) is 0.533. The molecule has 0 heterocycles. The van der Waals surface area contributed by atoms with Crippen LogP contribution in [0.4, 0.5) is 0 Å². The summed E-state index contributed by atoms with van der Waals surface area (Å²) in [6.07, 6.45) is -1.05. The first kappa shape index (κ1) is 15.7. The van der Waals surface area contributed by atoms with Gasteiger partial charge in [0.05, 0.1) is 6.61 Å². The van der Waals surface area contributed by atoms with Crippen molar-refractivity contribution in [2.45, 2.75) is 45.3 Å². The summed E-state index contributed by atoms with van der Waals surface area (Å²) in [5.41, 5.74) is 7.51. The number of hydrogen-bond acceptors (Lipinski definition) is 4. The topological polar surface area (TPSA) is 72.5 Å². The zero-order valence-corrected chi connectivity index (χ0v) is 12.0. The van der Waals surface area contributed by atoms with Crippen LogP contribution in [0.2, 0.25) is 0 Å². The molecule has 106 valence electrons. The molecule has 0 spiro atoms. The Bertz CT molecular complexity index is 420. The van der Waals surface area contributed by atoms with E-state index in [1.807, 2.05) is 12.1 Å². The monoisotopic (exact) mass is 265 g/mol. The number of ether oxygens (including phenoxy) is 1. The second kappa shape index (κ2) is 6.17. The van der Waals surface area contributed by atoms with Crippen LogP contribution in [0, 0.1) is 0 Å². The van der Waals surface area contributed by atoms with Crippen LogP contribution >= 0.6 is 0 Å². The fourth-order valence-corrected chi connectivity index (χ4v) is 1.76. The number of carbonyl (C=O) groups excluding carboxylic acids is 1. The Hall–Kier alpha value is -1.39. The van der Waals surface area contributed by atoms with Gasteiger partial charge in [-0.3, -0.25) is 4.79 Å². The Balaban J connectivity index is 2.83. The number of aliphatic hydroxyl groups excluding tert-OH is 1. The molecular weight excluding hydrogens is 242 g/mol. The zero-order chi connectivity index (χ0) is 14.6. The number of carbonyl (C=O) groups is 1. The van der Waals surface area contributed by atoms with Crippen LogP contribution in [0.15, 0.2) is 24.3 Å². The first-order valence-corrected chi connectivity index (χ1v) is 6.48. The lowest BCUT2D eigenvalue weighted by Crippen LogP contribution is -2.38. The number of nitrogens with two attached hydrogens (primary N) is 1. The van der Waals surface area contributed by atoms with Crippen molar-refractivity contribution in [2.75, 3.05) is 6.61 Å². The quantitative estimate of drug-likeness (QED) is 0.816. The molecule has 19 heavy (non-hydrogen) atoms. The first-order valence-electron chi connectivity index (χ1n) is 6.48. The van der Waals surface area contributed by atoms with E-state index in [2.05, 4.69) is 20.8 Å². The molecule has 1 aromatic rings. The molecule has 0 radical (unpaired) electrons. The summed E-state index contributed by atoms with van der Waals surface area (Å²) in [4.78, 5) is 11.5. The number of aliphatic hydroxyl groups is 1. The molecule has 0 aliphatic heterocycles. The van der Waals surface area contributed by atoms with Gasteiger partial charge in [-0.2, -0.15) is 0 Å². The molecule has 3 N–H and O–H groups in total. The summed E-state index contributed by atoms with van der Waals surface area (Å²) in [5.74, 6) is -0.588. The van der Waals surface area contributed by atoms with Crippen LogP contribution in [0.1, 0.15) is 44.9 Å². The number of rotatable bonds is 4. The third kappa shape index (κ3) is 4.04. The third-order valence-corrected chi connectivity index (χ3v) is 3.02. The lowest BCUT2D eigenvalue weighted by molar-refractivity contribution is -0.147. The second-order valence-electron chi connectivity index (χ2n) is 5.59. The van der Waals surface area contributed by atoms with Gasteiger partial charge >= 0.3 is 5.97 Å². The molecule has 2 unspecified atom stereocenters. The normalized spacial score (nSPS) is 14.8. The molecule has 0 aromatic heterocycles. The van der Waals surface area contributed by atoms with Gasteiger partial charge in [0.2, 0.25) is 0 Å². The zero-order valence-electron chi connectivity index (χ0n) is 12.0. The molecule has 0 fully saturated rings. The average Bonchev–Trinajstić information content (AvgIpc) is 2.36. The molecule has 2 atom stereocenters. The molecule has 0 amide bonds. The number of hydrogen-bond donors (Lipinski definition) is 2. The molecular formula is C15H23NO3. The fourth-order valence-electron chi connectivity index (χ4n) is 1.76. The van der Waals surface area contributed by atoms with Crippen LogP contribution < -0.4 is 5.73 Å². The van der Waals surface area contributed by atoms with E-state index in [0.717, 1.165) is 5.56 Å². The third-order valence-electron chi connectivity index (χ3n) is 3.02. The predicted molar refractivity (Wildman–Crippen MR) is 74.7 cm³/mol. The maximum atomic E-state index is 11.5. The smallest absolute Gasteiger partial charge is 0.325 e. The van der Waals surface area contributed by atoms with Crippen molar-refractivity contribution in [3.63, 3.8) is 0 Å². The van der Waals surface area contributed by atoms with Crippen molar-refractivity contribution in [1.29, 1.82) is 0 Å². The van der Waals surface area contributed by atoms with Crippen molar-refractivity contribution in [3.8, 4) is 0 Å². The van der Waals surface area contributed by atoms with Crippen LogP contribution in [0.5, 0.6) is 0 Å². The SMILES string of the molecule is CCOC(=O)C(N)C(O)c1ccc(C(C)(C)C)cc1. The van der Waals surface area contributed by atoms with Crippen molar-refractivity contribution in [1.82, 2.24) is 0 Å². The van der Waals surface area contributed by atoms with Gasteiger partial charge in [0, 0.05) is 0 Å². The maximum Gasteiger partial charge on any atom is 0.325 e. The minimum Gasteiger partial charge on any atom is -0.465 e. The van der Waals surface area contributed by atoms with Crippen LogP contribution in [0.3, 0.4) is 0 Å². The van der Waals surface area contributed by atoms with Crippen molar-refractivity contribution in [3.05, 3.63) is 35.4 Å². The van der Waals surface area contributed by atoms with Gasteiger partial charge in [0.25, 0.3) is 0 Å². The molecule has 4 heteroatoms. The Kier molecular flexibility index (Phi) is 5.09. The van der Waals surface area contributed by atoms with Crippen molar-refractivity contribution >= 4 is 5.97 Å². The highest BCUT2D eigenvalue weighted by Gasteiger charge is 2.25. The van der Waals surface area contributed by atoms with E-state index in [1.165, 1.54) is 0 Å². The van der Waals surface area contributed by atoms with E-state index in [-0.39, 0.29) is 12.0 Å². The highest BCUT2D eigenvalue weighted by molar-refractivity contribution is 5.76. The van der Waals surface area contributed by atoms with Crippen LogP contribution in [-0.4, -0.2) is 23.7 Å². The molecule has 1 rings (SSSR count). The maximum absolute atomic E-state index is 11.5. The van der Waals surface area contributed by atoms with Gasteiger partial charge in [0.15, 0.2) is 0 Å². The molecule has 0 aliphatic carbocycles. The lowest BCUT2D eigenvalue weighted by atomic mass is 9.86. The van der Waals surface area contributed by atoms with Gasteiger partial charge in [-0.15, -0.1) is 0 Å². The van der Waals surface area contributed by atoms with E-state index < -0.39 is 18.1 Å². The van der Waals surface area contributed by atoms with Crippen molar-refractivity contribution in [2.24, 2.45) is 5.73 Å². The van der Waals surface area contributed by atoms with Crippen LogP contribution in [0.25, 0.3) is 0 Å². The summed E-state index contributed by atoms with van der Waals surface area (Å²) in [7, 11) is 0. The standard InChI is InChI=1S/C15H23NO3/c1-5-19-14(18)12(16)13(17)10-6-8-11(9-7-10)15(2,3)4/h6-9,12-13,17H,5,16H2,1-4H3. The van der Waals surface area contributed by atoms with Gasteiger partial charge in [-0.25, -0.2) is 0 Å². The molecule has 4 nitrogen and oxygen atoms in total.